The Morgan fingerprint density at radius 2 is 0.855 bits per heavy atom. The number of rotatable bonds is 5. The van der Waals surface area contributed by atoms with Gasteiger partial charge in [-0.3, -0.25) is 0 Å². The summed E-state index contributed by atoms with van der Waals surface area (Å²) < 4.78 is 2.45. The highest BCUT2D eigenvalue weighted by Gasteiger charge is 2.22. The van der Waals surface area contributed by atoms with Crippen LogP contribution in [0.3, 0.4) is 0 Å². The van der Waals surface area contributed by atoms with E-state index in [-0.39, 0.29) is 0 Å². The Labute approximate surface area is 319 Å². The van der Waals surface area contributed by atoms with Crippen LogP contribution in [0.1, 0.15) is 0 Å². The third-order valence-corrected chi connectivity index (χ3v) is 11.1. The number of fused-ring (bicyclic) bond motifs is 10. The van der Waals surface area contributed by atoms with E-state index in [2.05, 4.69) is 211 Å². The van der Waals surface area contributed by atoms with E-state index < -0.39 is 0 Å². The van der Waals surface area contributed by atoms with Crippen LogP contribution in [0.2, 0.25) is 0 Å². The normalized spacial score (nSPS) is 11.6. The van der Waals surface area contributed by atoms with Crippen molar-refractivity contribution in [3.05, 3.63) is 206 Å². The van der Waals surface area contributed by atoms with Crippen LogP contribution in [0.25, 0.3) is 105 Å². The Morgan fingerprint density at radius 1 is 0.309 bits per heavy atom. The van der Waals surface area contributed by atoms with Crippen molar-refractivity contribution < 1.29 is 0 Å². The van der Waals surface area contributed by atoms with Crippen molar-refractivity contribution in [3.63, 3.8) is 0 Å². The Bertz CT molecular complexity index is 3230. The van der Waals surface area contributed by atoms with Crippen LogP contribution >= 0.6 is 0 Å². The van der Waals surface area contributed by atoms with Gasteiger partial charge in [-0.05, 0) is 86.3 Å². The zero-order valence-electron chi connectivity index (χ0n) is 30.0. The third kappa shape index (κ3) is 5.07. The molecule has 0 aliphatic carbocycles. The lowest BCUT2D eigenvalue weighted by Crippen LogP contribution is -1.95. The molecule has 0 bridgehead atoms. The van der Waals surface area contributed by atoms with Crippen LogP contribution in [0.4, 0.5) is 0 Å². The van der Waals surface area contributed by atoms with E-state index >= 15 is 0 Å². The maximum Gasteiger partial charge on any atom is 0.0722 e. The molecule has 0 unspecified atom stereocenters. The molecule has 0 amide bonds. The lowest BCUT2D eigenvalue weighted by molar-refractivity contribution is 1.19. The van der Waals surface area contributed by atoms with Gasteiger partial charge in [0.1, 0.15) is 0 Å². The lowest BCUT2D eigenvalue weighted by Gasteiger charge is -2.17. The van der Waals surface area contributed by atoms with Gasteiger partial charge in [-0.2, -0.15) is 0 Å². The first-order valence-electron chi connectivity index (χ1n) is 18.9. The minimum absolute atomic E-state index is 0.949. The van der Waals surface area contributed by atoms with Gasteiger partial charge < -0.3 is 4.57 Å². The van der Waals surface area contributed by atoms with Gasteiger partial charge in [-0.15, -0.1) is 0 Å². The van der Waals surface area contributed by atoms with Gasteiger partial charge in [0.15, 0.2) is 0 Å². The second-order valence-corrected chi connectivity index (χ2v) is 14.3. The molecule has 0 aliphatic rings. The molecule has 2 heteroatoms. The molecule has 0 saturated carbocycles. The van der Waals surface area contributed by atoms with Crippen molar-refractivity contribution in [1.82, 2.24) is 9.55 Å². The summed E-state index contributed by atoms with van der Waals surface area (Å²) in [6.07, 6.45) is 0. The number of benzene rings is 9. The molecule has 0 radical (unpaired) electrons. The molecule has 0 N–H and O–H groups in total. The van der Waals surface area contributed by atoms with Gasteiger partial charge >= 0.3 is 0 Å². The van der Waals surface area contributed by atoms with Crippen molar-refractivity contribution in [2.24, 2.45) is 0 Å². The summed E-state index contributed by atoms with van der Waals surface area (Å²) in [6, 6.07) is 74.4. The van der Waals surface area contributed by atoms with E-state index in [9.17, 15) is 0 Å². The maximum absolute atomic E-state index is 5.52. The summed E-state index contributed by atoms with van der Waals surface area (Å²) in [5.41, 5.74) is 12.4. The van der Waals surface area contributed by atoms with E-state index in [1.807, 2.05) is 0 Å². The number of hydrogen-bond donors (Lipinski definition) is 0. The molecule has 0 saturated heterocycles. The molecule has 11 rings (SSSR count). The molecule has 2 heterocycles. The van der Waals surface area contributed by atoms with Crippen molar-refractivity contribution >= 4 is 54.1 Å². The van der Waals surface area contributed by atoms with E-state index in [1.165, 1.54) is 65.3 Å². The molecule has 9 aromatic carbocycles. The fourth-order valence-electron chi connectivity index (χ4n) is 8.69. The van der Waals surface area contributed by atoms with Gasteiger partial charge in [0, 0.05) is 38.4 Å². The summed E-state index contributed by atoms with van der Waals surface area (Å²) >= 11 is 0. The highest BCUT2D eigenvalue weighted by Crippen LogP contribution is 2.47. The van der Waals surface area contributed by atoms with E-state index in [0.29, 0.717) is 0 Å². The Hall–Kier alpha value is -7.29. The summed E-state index contributed by atoms with van der Waals surface area (Å²) in [4.78, 5) is 5.52. The van der Waals surface area contributed by atoms with Gasteiger partial charge in [0.05, 0.1) is 22.4 Å². The highest BCUT2D eigenvalue weighted by atomic mass is 15.0. The fourth-order valence-corrected chi connectivity index (χ4v) is 8.69. The monoisotopic (exact) mass is 698 g/mol. The largest absolute Gasteiger partial charge is 0.309 e. The van der Waals surface area contributed by atoms with Crippen molar-refractivity contribution in [2.45, 2.75) is 0 Å². The van der Waals surface area contributed by atoms with Gasteiger partial charge in [-0.25, -0.2) is 4.98 Å². The molecule has 2 aromatic heterocycles. The lowest BCUT2D eigenvalue weighted by atomic mass is 9.89. The average molecular weight is 699 g/mol. The average Bonchev–Trinajstić information content (AvgIpc) is 3.62. The maximum atomic E-state index is 5.52. The Balaban J connectivity index is 1.25. The van der Waals surface area contributed by atoms with E-state index in [0.717, 1.165) is 39.3 Å². The van der Waals surface area contributed by atoms with Crippen LogP contribution in [-0.4, -0.2) is 9.55 Å². The first-order chi connectivity index (χ1) is 27.3. The van der Waals surface area contributed by atoms with Crippen LogP contribution in [0, 0.1) is 0 Å². The molecule has 0 aliphatic heterocycles. The second kappa shape index (κ2) is 12.7. The van der Waals surface area contributed by atoms with Gasteiger partial charge in [0.25, 0.3) is 0 Å². The smallest absolute Gasteiger partial charge is 0.0722 e. The molecule has 11 aromatic rings. The third-order valence-electron chi connectivity index (χ3n) is 11.1. The van der Waals surface area contributed by atoms with Crippen molar-refractivity contribution in [1.29, 1.82) is 0 Å². The zero-order valence-corrected chi connectivity index (χ0v) is 30.0. The Kier molecular flexibility index (Phi) is 7.21. The molecule has 0 atom stereocenters. The number of nitrogens with zero attached hydrogens (tertiary/aromatic N) is 2. The first-order valence-corrected chi connectivity index (χ1v) is 18.9. The summed E-state index contributed by atoms with van der Waals surface area (Å²) in [7, 11) is 0. The Morgan fingerprint density at radius 3 is 1.60 bits per heavy atom. The van der Waals surface area contributed by atoms with E-state index in [4.69, 9.17) is 4.98 Å². The van der Waals surface area contributed by atoms with E-state index in [1.54, 1.807) is 0 Å². The van der Waals surface area contributed by atoms with Crippen LogP contribution in [0.5, 0.6) is 0 Å². The van der Waals surface area contributed by atoms with Crippen molar-refractivity contribution in [2.75, 3.05) is 0 Å². The molecule has 0 fully saturated rings. The summed E-state index contributed by atoms with van der Waals surface area (Å²) in [5.74, 6) is 0. The molecular formula is C53H34N2. The predicted molar refractivity (Wildman–Crippen MR) is 233 cm³/mol. The minimum Gasteiger partial charge on any atom is -0.309 e. The molecule has 256 valence electrons. The highest BCUT2D eigenvalue weighted by molar-refractivity contribution is 6.38. The fraction of sp³-hybridized carbons (Fsp3) is 0. The predicted octanol–water partition coefficient (Wildman–Crippen LogP) is 14.3. The summed E-state index contributed by atoms with van der Waals surface area (Å²) in [6.45, 7) is 0. The SMILES string of the molecule is c1ccc(-c2cccc(-c3cc(-c4ccccc4)cc(-c4cc5c6ccccc6c6c(c7ccccc7n6-c6ccccc6)c5c5ccccc45)n3)c2)cc1. The number of aromatic nitrogens is 2. The van der Waals surface area contributed by atoms with Gasteiger partial charge in [-0.1, -0.05) is 164 Å². The molecule has 55 heavy (non-hydrogen) atoms. The number of pyridine rings is 1. The van der Waals surface area contributed by atoms with Crippen molar-refractivity contribution in [3.8, 4) is 50.5 Å². The first kappa shape index (κ1) is 31.3. The molecule has 0 spiro atoms. The van der Waals surface area contributed by atoms with Crippen LogP contribution in [-0.2, 0) is 0 Å². The molecular weight excluding hydrogens is 665 g/mol. The van der Waals surface area contributed by atoms with Crippen LogP contribution < -0.4 is 0 Å². The molecule has 2 nitrogen and oxygen atoms in total. The minimum atomic E-state index is 0.949. The number of hydrogen-bond acceptors (Lipinski definition) is 1. The summed E-state index contributed by atoms with van der Waals surface area (Å²) in [5, 5.41) is 9.90. The number of para-hydroxylation sites is 2. The quantitative estimate of drug-likeness (QED) is 0.164. The second-order valence-electron chi connectivity index (χ2n) is 14.3. The van der Waals surface area contributed by atoms with Gasteiger partial charge in [0.2, 0.25) is 0 Å². The standard InChI is InChI=1S/C53H34N2/c1-4-17-35(18-5-1)37-21-16-22-38(31-37)48-32-39(36-19-6-2-7-20-36)33-49(54-48)46-34-47-42-26-11-13-28-44(42)53-52(51(47)43-27-12-10-25-41(43)46)45-29-14-15-30-50(45)55(53)40-23-8-3-9-24-40/h1-34H. The topological polar surface area (TPSA) is 17.8 Å². The van der Waals surface area contributed by atoms with Crippen LogP contribution in [0.15, 0.2) is 206 Å². The zero-order chi connectivity index (χ0) is 36.3.